The van der Waals surface area contributed by atoms with Gasteiger partial charge in [0.1, 0.15) is 5.82 Å². The van der Waals surface area contributed by atoms with Gasteiger partial charge < -0.3 is 4.74 Å². The van der Waals surface area contributed by atoms with E-state index in [1.54, 1.807) is 12.1 Å². The van der Waals surface area contributed by atoms with Gasteiger partial charge >= 0.3 is 5.97 Å². The van der Waals surface area contributed by atoms with Gasteiger partial charge in [0.25, 0.3) is 0 Å². The van der Waals surface area contributed by atoms with E-state index in [0.29, 0.717) is 23.4 Å². The summed E-state index contributed by atoms with van der Waals surface area (Å²) in [5.41, 5.74) is 0.693. The number of nitrogens with one attached hydrogen (secondary N) is 1. The molecular weight excluding hydrogens is 417 g/mol. The van der Waals surface area contributed by atoms with Gasteiger partial charge in [-0.25, -0.2) is 17.5 Å². The van der Waals surface area contributed by atoms with Crippen LogP contribution >= 0.6 is 11.6 Å². The fourth-order valence-electron chi connectivity index (χ4n) is 2.93. The first-order valence-electron chi connectivity index (χ1n) is 9.42. The number of benzene rings is 2. The van der Waals surface area contributed by atoms with Crippen LogP contribution in [0, 0.1) is 5.82 Å². The van der Waals surface area contributed by atoms with E-state index < -0.39 is 16.1 Å². The van der Waals surface area contributed by atoms with Crippen LogP contribution in [0.3, 0.4) is 0 Å². The van der Waals surface area contributed by atoms with E-state index in [9.17, 15) is 17.6 Å². The zero-order valence-electron chi connectivity index (χ0n) is 16.2. The molecule has 0 amide bonds. The summed E-state index contributed by atoms with van der Waals surface area (Å²) in [5, 5.41) is 0.450. The number of methoxy groups -OCH3 is 1. The largest absolute Gasteiger partial charge is 0.469 e. The van der Waals surface area contributed by atoms with Crippen LogP contribution < -0.4 is 4.72 Å². The van der Waals surface area contributed by atoms with Crippen molar-refractivity contribution in [3.8, 4) is 0 Å². The first-order valence-corrected chi connectivity index (χ1v) is 11.3. The van der Waals surface area contributed by atoms with Gasteiger partial charge in [0.2, 0.25) is 10.0 Å². The lowest BCUT2D eigenvalue weighted by atomic mass is 10.0. The maximum absolute atomic E-state index is 13.3. The number of rotatable bonds is 11. The highest BCUT2D eigenvalue weighted by molar-refractivity contribution is 7.89. The molecule has 2 rings (SSSR count). The quantitative estimate of drug-likeness (QED) is 0.393. The van der Waals surface area contributed by atoms with Crippen molar-refractivity contribution in [1.82, 2.24) is 4.72 Å². The Morgan fingerprint density at radius 2 is 1.66 bits per heavy atom. The molecule has 1 N–H and O–H groups in total. The lowest BCUT2D eigenvalue weighted by Gasteiger charge is -2.19. The van der Waals surface area contributed by atoms with Crippen molar-refractivity contribution >= 4 is 27.6 Å². The van der Waals surface area contributed by atoms with E-state index in [4.69, 9.17) is 11.6 Å². The van der Waals surface area contributed by atoms with Crippen LogP contribution in [0.25, 0.3) is 0 Å². The molecule has 0 saturated carbocycles. The SMILES string of the molecule is COC(=O)CCCCCCC(NS(=O)(=O)c1ccc(Cl)cc1)c1ccc(F)cc1. The van der Waals surface area contributed by atoms with Crippen LogP contribution in [-0.4, -0.2) is 21.5 Å². The van der Waals surface area contributed by atoms with Crippen LogP contribution in [0.2, 0.25) is 5.02 Å². The van der Waals surface area contributed by atoms with E-state index in [1.807, 2.05) is 0 Å². The number of sulfonamides is 1. The fraction of sp³-hybridized carbons (Fsp3) is 0.381. The molecule has 0 aliphatic rings. The van der Waals surface area contributed by atoms with Gasteiger partial charge in [-0.05, 0) is 54.8 Å². The average Bonchev–Trinajstić information content (AvgIpc) is 2.70. The van der Waals surface area contributed by atoms with Crippen molar-refractivity contribution in [3.63, 3.8) is 0 Å². The van der Waals surface area contributed by atoms with Crippen LogP contribution in [-0.2, 0) is 19.6 Å². The Labute approximate surface area is 176 Å². The number of ether oxygens (including phenoxy) is 1. The van der Waals surface area contributed by atoms with Crippen LogP contribution in [0.5, 0.6) is 0 Å². The van der Waals surface area contributed by atoms with Gasteiger partial charge in [0.05, 0.1) is 12.0 Å². The van der Waals surface area contributed by atoms with E-state index in [2.05, 4.69) is 9.46 Å². The molecule has 0 aromatic heterocycles. The van der Waals surface area contributed by atoms with Gasteiger partial charge in [0, 0.05) is 17.5 Å². The maximum Gasteiger partial charge on any atom is 0.305 e. The van der Waals surface area contributed by atoms with E-state index in [0.717, 1.165) is 25.7 Å². The van der Waals surface area contributed by atoms with Gasteiger partial charge in [-0.1, -0.05) is 43.0 Å². The maximum atomic E-state index is 13.3. The third-order valence-corrected chi connectivity index (χ3v) is 6.28. The molecular formula is C21H25ClFNO4S. The second kappa shape index (κ2) is 11.3. The number of carbonyl (C=O) groups excluding carboxylic acids is 1. The lowest BCUT2D eigenvalue weighted by molar-refractivity contribution is -0.140. The van der Waals surface area contributed by atoms with E-state index >= 15 is 0 Å². The monoisotopic (exact) mass is 441 g/mol. The lowest BCUT2D eigenvalue weighted by Crippen LogP contribution is -2.28. The molecule has 0 fully saturated rings. The number of unbranched alkanes of at least 4 members (excludes halogenated alkanes) is 3. The number of esters is 1. The second-order valence-corrected chi connectivity index (χ2v) is 8.86. The minimum absolute atomic E-state index is 0.118. The Balaban J connectivity index is 2.02. The molecule has 2 aromatic carbocycles. The summed E-state index contributed by atoms with van der Waals surface area (Å²) < 4.78 is 46.1. The zero-order chi connectivity index (χ0) is 21.3. The first-order chi connectivity index (χ1) is 13.8. The number of hydrogen-bond acceptors (Lipinski definition) is 4. The Morgan fingerprint density at radius 3 is 2.28 bits per heavy atom. The van der Waals surface area contributed by atoms with Crippen molar-refractivity contribution in [2.75, 3.05) is 7.11 Å². The Hall–Kier alpha value is -1.96. The number of carbonyl (C=O) groups is 1. The molecule has 0 heterocycles. The fourth-order valence-corrected chi connectivity index (χ4v) is 4.32. The summed E-state index contributed by atoms with van der Waals surface area (Å²) in [6.07, 6.45) is 4.10. The minimum Gasteiger partial charge on any atom is -0.469 e. The number of halogens is 2. The zero-order valence-corrected chi connectivity index (χ0v) is 17.8. The van der Waals surface area contributed by atoms with E-state index in [-0.39, 0.29) is 16.7 Å². The first kappa shape index (κ1) is 23.3. The molecule has 0 radical (unpaired) electrons. The molecule has 0 aliphatic heterocycles. The van der Waals surface area contributed by atoms with Crippen LogP contribution in [0.1, 0.15) is 50.1 Å². The summed E-state index contributed by atoms with van der Waals surface area (Å²) in [4.78, 5) is 11.3. The molecule has 1 atom stereocenters. The molecule has 29 heavy (non-hydrogen) atoms. The predicted molar refractivity (Wildman–Crippen MR) is 111 cm³/mol. The third kappa shape index (κ3) is 7.76. The molecule has 0 bridgehead atoms. The third-order valence-electron chi connectivity index (χ3n) is 4.55. The summed E-state index contributed by atoms with van der Waals surface area (Å²) in [7, 11) is -2.40. The Bertz CT molecular complexity index is 886. The average molecular weight is 442 g/mol. The van der Waals surface area contributed by atoms with Crippen molar-refractivity contribution in [3.05, 3.63) is 64.9 Å². The highest BCUT2D eigenvalue weighted by Crippen LogP contribution is 2.24. The smallest absolute Gasteiger partial charge is 0.305 e. The summed E-state index contributed by atoms with van der Waals surface area (Å²) in [6.45, 7) is 0. The Kier molecular flexibility index (Phi) is 9.07. The molecule has 158 valence electrons. The molecule has 1 unspecified atom stereocenters. The summed E-state index contributed by atoms with van der Waals surface area (Å²) in [5.74, 6) is -0.610. The molecule has 0 saturated heterocycles. The highest BCUT2D eigenvalue weighted by Gasteiger charge is 2.21. The molecule has 0 spiro atoms. The summed E-state index contributed by atoms with van der Waals surface area (Å²) in [6, 6.07) is 11.2. The van der Waals surface area contributed by atoms with Crippen molar-refractivity contribution in [1.29, 1.82) is 0 Å². The molecule has 8 heteroatoms. The van der Waals surface area contributed by atoms with Gasteiger partial charge in [-0.15, -0.1) is 0 Å². The van der Waals surface area contributed by atoms with Gasteiger partial charge in [-0.3, -0.25) is 4.79 Å². The van der Waals surface area contributed by atoms with Crippen LogP contribution in [0.4, 0.5) is 4.39 Å². The van der Waals surface area contributed by atoms with Crippen LogP contribution in [0.15, 0.2) is 53.4 Å². The molecule has 2 aromatic rings. The van der Waals surface area contributed by atoms with E-state index in [1.165, 1.54) is 43.5 Å². The van der Waals surface area contributed by atoms with Gasteiger partial charge in [-0.2, -0.15) is 0 Å². The minimum atomic E-state index is -3.76. The van der Waals surface area contributed by atoms with Crippen molar-refractivity contribution in [2.24, 2.45) is 0 Å². The Morgan fingerprint density at radius 1 is 1.03 bits per heavy atom. The highest BCUT2D eigenvalue weighted by atomic mass is 35.5. The van der Waals surface area contributed by atoms with Crippen molar-refractivity contribution in [2.45, 2.75) is 49.5 Å². The molecule has 5 nitrogen and oxygen atoms in total. The number of hydrogen-bond donors (Lipinski definition) is 1. The normalized spacial score (nSPS) is 12.5. The van der Waals surface area contributed by atoms with Gasteiger partial charge in [0.15, 0.2) is 0 Å². The predicted octanol–water partition coefficient (Wildman–Crippen LogP) is 5.01. The summed E-state index contributed by atoms with van der Waals surface area (Å²) >= 11 is 5.84. The topological polar surface area (TPSA) is 72.5 Å². The van der Waals surface area contributed by atoms with Crippen molar-refractivity contribution < 1.29 is 22.3 Å². The molecule has 0 aliphatic carbocycles. The standard InChI is InChI=1S/C21H25ClFNO4S/c1-28-21(25)7-5-3-2-4-6-20(16-8-12-18(23)13-9-16)24-29(26,27)19-14-10-17(22)11-15-19/h8-15,20,24H,2-7H2,1H3. The second-order valence-electron chi connectivity index (χ2n) is 6.71.